The third kappa shape index (κ3) is 5.41. The van der Waals surface area contributed by atoms with Gasteiger partial charge in [-0.2, -0.15) is 0 Å². The number of hydrogen-bond acceptors (Lipinski definition) is 3. The van der Waals surface area contributed by atoms with E-state index in [1.807, 2.05) is 0 Å². The van der Waals surface area contributed by atoms with Gasteiger partial charge in [0.1, 0.15) is 0 Å². The standard InChI is InChI=1S/C16H31NO2/c18-13-6-8-15-7-5-11-17(15)12-14-19-16-9-3-1-2-4-10-16/h15-16,18H,1-14H2. The number of aliphatic hydroxyl groups is 1. The van der Waals surface area contributed by atoms with Crippen molar-refractivity contribution in [3.8, 4) is 0 Å². The van der Waals surface area contributed by atoms with Crippen LogP contribution in [0, 0.1) is 0 Å². The Morgan fingerprint density at radius 3 is 2.53 bits per heavy atom. The molecule has 1 saturated carbocycles. The number of nitrogens with zero attached hydrogens (tertiary/aromatic N) is 1. The van der Waals surface area contributed by atoms with Crippen LogP contribution in [0.1, 0.15) is 64.2 Å². The Bertz CT molecular complexity index is 227. The second-order valence-electron chi connectivity index (χ2n) is 6.18. The molecule has 2 fully saturated rings. The molecular weight excluding hydrogens is 238 g/mol. The summed E-state index contributed by atoms with van der Waals surface area (Å²) in [5.74, 6) is 0. The fourth-order valence-electron chi connectivity index (χ4n) is 3.59. The van der Waals surface area contributed by atoms with Crippen LogP contribution in [0.25, 0.3) is 0 Å². The van der Waals surface area contributed by atoms with Crippen molar-refractivity contribution >= 4 is 0 Å². The molecule has 2 rings (SSSR count). The first-order valence-corrected chi connectivity index (χ1v) is 8.36. The molecule has 1 saturated heterocycles. The summed E-state index contributed by atoms with van der Waals surface area (Å²) in [5.41, 5.74) is 0. The van der Waals surface area contributed by atoms with Crippen molar-refractivity contribution in [1.29, 1.82) is 0 Å². The highest BCUT2D eigenvalue weighted by molar-refractivity contribution is 4.79. The zero-order chi connectivity index (χ0) is 13.3. The van der Waals surface area contributed by atoms with Crippen molar-refractivity contribution in [1.82, 2.24) is 4.90 Å². The summed E-state index contributed by atoms with van der Waals surface area (Å²) in [7, 11) is 0. The first-order valence-electron chi connectivity index (χ1n) is 8.36. The Morgan fingerprint density at radius 1 is 1.00 bits per heavy atom. The molecule has 1 atom stereocenters. The van der Waals surface area contributed by atoms with Gasteiger partial charge in [0.2, 0.25) is 0 Å². The van der Waals surface area contributed by atoms with Crippen molar-refractivity contribution in [3.05, 3.63) is 0 Å². The van der Waals surface area contributed by atoms with Crippen LogP contribution in [0.2, 0.25) is 0 Å². The highest BCUT2D eigenvalue weighted by atomic mass is 16.5. The third-order valence-corrected chi connectivity index (χ3v) is 4.73. The van der Waals surface area contributed by atoms with Gasteiger partial charge in [0.05, 0.1) is 12.7 Å². The molecule has 0 aromatic carbocycles. The number of rotatable bonds is 7. The minimum absolute atomic E-state index is 0.336. The topological polar surface area (TPSA) is 32.7 Å². The van der Waals surface area contributed by atoms with E-state index in [1.165, 1.54) is 57.9 Å². The summed E-state index contributed by atoms with van der Waals surface area (Å²) in [6.07, 6.45) is 13.3. The number of aliphatic hydroxyl groups excluding tert-OH is 1. The Labute approximate surface area is 118 Å². The minimum atomic E-state index is 0.336. The third-order valence-electron chi connectivity index (χ3n) is 4.73. The maximum Gasteiger partial charge on any atom is 0.0597 e. The number of ether oxygens (including phenoxy) is 1. The maximum atomic E-state index is 8.94. The van der Waals surface area contributed by atoms with Gasteiger partial charge < -0.3 is 9.84 Å². The van der Waals surface area contributed by atoms with E-state index in [9.17, 15) is 0 Å². The fourth-order valence-corrected chi connectivity index (χ4v) is 3.59. The molecule has 1 heterocycles. The molecule has 0 bridgehead atoms. The lowest BCUT2D eigenvalue weighted by Gasteiger charge is -2.25. The van der Waals surface area contributed by atoms with Gasteiger partial charge >= 0.3 is 0 Å². The van der Waals surface area contributed by atoms with E-state index >= 15 is 0 Å². The lowest BCUT2D eigenvalue weighted by molar-refractivity contribution is 0.0262. The Kier molecular flexibility index (Phi) is 7.18. The zero-order valence-corrected chi connectivity index (χ0v) is 12.4. The lowest BCUT2D eigenvalue weighted by Crippen LogP contribution is -2.33. The Balaban J connectivity index is 1.61. The van der Waals surface area contributed by atoms with Gasteiger partial charge in [-0.1, -0.05) is 25.7 Å². The monoisotopic (exact) mass is 269 g/mol. The molecule has 3 heteroatoms. The van der Waals surface area contributed by atoms with E-state index in [0.29, 0.717) is 18.8 Å². The summed E-state index contributed by atoms with van der Waals surface area (Å²) in [5, 5.41) is 8.94. The van der Waals surface area contributed by atoms with Gasteiger partial charge in [-0.05, 0) is 45.1 Å². The van der Waals surface area contributed by atoms with Crippen molar-refractivity contribution in [2.75, 3.05) is 26.3 Å². The average Bonchev–Trinajstić information content (AvgIpc) is 2.70. The van der Waals surface area contributed by atoms with Crippen LogP contribution in [0.3, 0.4) is 0 Å². The van der Waals surface area contributed by atoms with Crippen molar-refractivity contribution < 1.29 is 9.84 Å². The molecule has 0 amide bonds. The van der Waals surface area contributed by atoms with E-state index in [1.54, 1.807) is 0 Å². The van der Waals surface area contributed by atoms with Gasteiger partial charge in [-0.15, -0.1) is 0 Å². The Morgan fingerprint density at radius 2 is 1.79 bits per heavy atom. The van der Waals surface area contributed by atoms with Gasteiger partial charge in [0.25, 0.3) is 0 Å². The molecule has 1 aliphatic heterocycles. The summed E-state index contributed by atoms with van der Waals surface area (Å²) in [6, 6.07) is 0.699. The van der Waals surface area contributed by atoms with Crippen molar-refractivity contribution in [2.45, 2.75) is 76.4 Å². The number of hydrogen-bond donors (Lipinski definition) is 1. The lowest BCUT2D eigenvalue weighted by atomic mass is 10.1. The molecule has 1 N–H and O–H groups in total. The smallest absolute Gasteiger partial charge is 0.0597 e. The van der Waals surface area contributed by atoms with Gasteiger partial charge in [-0.25, -0.2) is 0 Å². The van der Waals surface area contributed by atoms with Crippen LogP contribution >= 0.6 is 0 Å². The molecule has 0 radical (unpaired) electrons. The van der Waals surface area contributed by atoms with E-state index in [0.717, 1.165) is 26.0 Å². The van der Waals surface area contributed by atoms with Crippen molar-refractivity contribution in [2.24, 2.45) is 0 Å². The fraction of sp³-hybridized carbons (Fsp3) is 1.00. The van der Waals surface area contributed by atoms with E-state index in [4.69, 9.17) is 9.84 Å². The summed E-state index contributed by atoms with van der Waals surface area (Å²) in [6.45, 7) is 3.56. The summed E-state index contributed by atoms with van der Waals surface area (Å²) in [4.78, 5) is 2.58. The first-order chi connectivity index (χ1) is 9.40. The number of likely N-dealkylation sites (tertiary alicyclic amines) is 1. The molecule has 2 aliphatic rings. The molecule has 112 valence electrons. The SMILES string of the molecule is OCCCC1CCCN1CCOC1CCCCCC1. The quantitative estimate of drug-likeness (QED) is 0.721. The predicted octanol–water partition coefficient (Wildman–Crippen LogP) is 2.96. The molecule has 3 nitrogen and oxygen atoms in total. The summed E-state index contributed by atoms with van der Waals surface area (Å²) < 4.78 is 6.09. The van der Waals surface area contributed by atoms with Gasteiger partial charge in [0.15, 0.2) is 0 Å². The molecular formula is C16H31NO2. The molecule has 1 unspecified atom stereocenters. The molecule has 19 heavy (non-hydrogen) atoms. The highest BCUT2D eigenvalue weighted by Gasteiger charge is 2.23. The first kappa shape index (κ1) is 15.3. The predicted molar refractivity (Wildman–Crippen MR) is 78.4 cm³/mol. The zero-order valence-electron chi connectivity index (χ0n) is 12.4. The van der Waals surface area contributed by atoms with Gasteiger partial charge in [0, 0.05) is 19.2 Å². The van der Waals surface area contributed by atoms with E-state index < -0.39 is 0 Å². The van der Waals surface area contributed by atoms with Crippen LogP contribution in [0.5, 0.6) is 0 Å². The average molecular weight is 269 g/mol. The van der Waals surface area contributed by atoms with Crippen LogP contribution in [0.15, 0.2) is 0 Å². The van der Waals surface area contributed by atoms with Crippen LogP contribution in [0.4, 0.5) is 0 Å². The van der Waals surface area contributed by atoms with Crippen LogP contribution < -0.4 is 0 Å². The second kappa shape index (κ2) is 8.93. The molecule has 0 aromatic rings. The summed E-state index contributed by atoms with van der Waals surface area (Å²) >= 11 is 0. The van der Waals surface area contributed by atoms with E-state index in [2.05, 4.69) is 4.90 Å². The largest absolute Gasteiger partial charge is 0.396 e. The highest BCUT2D eigenvalue weighted by Crippen LogP contribution is 2.22. The Hall–Kier alpha value is -0.120. The van der Waals surface area contributed by atoms with Crippen molar-refractivity contribution in [3.63, 3.8) is 0 Å². The molecule has 0 spiro atoms. The van der Waals surface area contributed by atoms with Gasteiger partial charge in [-0.3, -0.25) is 4.90 Å². The second-order valence-corrected chi connectivity index (χ2v) is 6.18. The normalized spacial score (nSPS) is 26.7. The maximum absolute atomic E-state index is 8.94. The molecule has 0 aromatic heterocycles. The van der Waals surface area contributed by atoms with Crippen LogP contribution in [-0.4, -0.2) is 48.5 Å². The minimum Gasteiger partial charge on any atom is -0.396 e. The molecule has 1 aliphatic carbocycles. The van der Waals surface area contributed by atoms with Crippen LogP contribution in [-0.2, 0) is 4.74 Å². The van der Waals surface area contributed by atoms with E-state index in [-0.39, 0.29) is 0 Å².